The number of imidazole rings is 1. The maximum Gasteiger partial charge on any atom is 0.279 e. The van der Waals surface area contributed by atoms with Crippen LogP contribution in [0.15, 0.2) is 11.1 Å². The Kier molecular flexibility index (Phi) is 3.23. The average molecular weight is 292 g/mol. The number of H-pyrrole nitrogens is 1. The second-order valence-electron chi connectivity index (χ2n) is 4.61. The maximum absolute atomic E-state index is 11.8. The summed E-state index contributed by atoms with van der Waals surface area (Å²) in [4.78, 5) is 22.1. The van der Waals surface area contributed by atoms with Crippen LogP contribution in [0.4, 0.5) is 0 Å². The molecule has 0 radical (unpaired) electrons. The zero-order valence-corrected chi connectivity index (χ0v) is 10.7. The zero-order valence-electron chi connectivity index (χ0n) is 10.7. The minimum absolute atomic E-state index is 0.0148. The lowest BCUT2D eigenvalue weighted by atomic mass is 10.1. The van der Waals surface area contributed by atoms with E-state index in [2.05, 4.69) is 20.9 Å². The number of hydrogen-bond donors (Lipinski definition) is 4. The molecule has 1 aliphatic rings. The highest BCUT2D eigenvalue weighted by atomic mass is 16.6. The van der Waals surface area contributed by atoms with Crippen LogP contribution in [0.1, 0.15) is 12.1 Å². The summed E-state index contributed by atoms with van der Waals surface area (Å²) in [6.07, 6.45) is 1.95. The van der Waals surface area contributed by atoms with Crippen molar-refractivity contribution in [3.8, 4) is 12.3 Å². The van der Waals surface area contributed by atoms with Gasteiger partial charge in [-0.15, -0.1) is 6.42 Å². The smallest absolute Gasteiger partial charge is 0.279 e. The number of aromatic nitrogens is 4. The molecular formula is C12H12N4O5. The topological polar surface area (TPSA) is 133 Å². The fourth-order valence-corrected chi connectivity index (χ4v) is 2.29. The number of ether oxygens (including phenoxy) is 1. The van der Waals surface area contributed by atoms with Gasteiger partial charge < -0.3 is 20.1 Å². The van der Waals surface area contributed by atoms with Gasteiger partial charge >= 0.3 is 0 Å². The summed E-state index contributed by atoms with van der Waals surface area (Å²) in [6, 6.07) is 0. The minimum Gasteiger partial charge on any atom is -0.394 e. The summed E-state index contributed by atoms with van der Waals surface area (Å²) in [5, 5.41) is 28.9. The molecule has 0 bridgehead atoms. The lowest BCUT2D eigenvalue weighted by molar-refractivity contribution is -0.0511. The Bertz CT molecular complexity index is 776. The summed E-state index contributed by atoms with van der Waals surface area (Å²) in [5.74, 6) is 2.22. The number of nitrogens with zero attached hydrogens (tertiary/aromatic N) is 3. The Labute approximate surface area is 117 Å². The number of fused-ring (bicyclic) bond motifs is 1. The molecule has 9 nitrogen and oxygen atoms in total. The zero-order chi connectivity index (χ0) is 15.1. The average Bonchev–Trinajstić information content (AvgIpc) is 3.02. The van der Waals surface area contributed by atoms with E-state index in [4.69, 9.17) is 16.3 Å². The van der Waals surface area contributed by atoms with Gasteiger partial charge in [-0.2, -0.15) is 0 Å². The summed E-state index contributed by atoms with van der Waals surface area (Å²) >= 11 is 0. The van der Waals surface area contributed by atoms with Gasteiger partial charge in [-0.05, 0) is 5.92 Å². The van der Waals surface area contributed by atoms with Gasteiger partial charge in [0, 0.05) is 0 Å². The van der Waals surface area contributed by atoms with Gasteiger partial charge in [-0.1, -0.05) is 0 Å². The number of aromatic amines is 1. The molecule has 1 saturated heterocycles. The van der Waals surface area contributed by atoms with Crippen LogP contribution in [-0.2, 0) is 4.74 Å². The molecule has 0 aliphatic carbocycles. The lowest BCUT2D eigenvalue weighted by Crippen LogP contribution is -2.33. The lowest BCUT2D eigenvalue weighted by Gasteiger charge is -2.16. The summed E-state index contributed by atoms with van der Waals surface area (Å²) in [7, 11) is 0. The molecule has 4 atom stereocenters. The van der Waals surface area contributed by atoms with E-state index in [1.54, 1.807) is 0 Å². The highest BCUT2D eigenvalue weighted by molar-refractivity contribution is 5.69. The number of aliphatic hydroxyl groups excluding tert-OH is 3. The Morgan fingerprint density at radius 1 is 1.48 bits per heavy atom. The van der Waals surface area contributed by atoms with Gasteiger partial charge in [0.2, 0.25) is 0 Å². The molecule has 0 amide bonds. The first-order valence-corrected chi connectivity index (χ1v) is 6.12. The van der Waals surface area contributed by atoms with E-state index < -0.39 is 36.7 Å². The molecule has 2 aromatic heterocycles. The van der Waals surface area contributed by atoms with Crippen molar-refractivity contribution in [3.63, 3.8) is 0 Å². The van der Waals surface area contributed by atoms with Crippen LogP contribution in [-0.4, -0.2) is 59.8 Å². The van der Waals surface area contributed by atoms with Gasteiger partial charge in [0.15, 0.2) is 23.2 Å². The van der Waals surface area contributed by atoms with Crippen molar-refractivity contribution in [3.05, 3.63) is 22.5 Å². The van der Waals surface area contributed by atoms with Crippen LogP contribution in [0.2, 0.25) is 0 Å². The highest BCUT2D eigenvalue weighted by Gasteiger charge is 2.44. The van der Waals surface area contributed by atoms with Crippen LogP contribution in [0.25, 0.3) is 11.2 Å². The molecule has 0 spiro atoms. The third-order valence-corrected chi connectivity index (χ3v) is 3.36. The van der Waals surface area contributed by atoms with Crippen LogP contribution < -0.4 is 5.56 Å². The first kappa shape index (κ1) is 13.7. The van der Waals surface area contributed by atoms with E-state index in [1.807, 2.05) is 0 Å². The van der Waals surface area contributed by atoms with Crippen LogP contribution in [0, 0.1) is 12.3 Å². The van der Waals surface area contributed by atoms with Crippen LogP contribution >= 0.6 is 0 Å². The van der Waals surface area contributed by atoms with Crippen molar-refractivity contribution >= 4 is 11.2 Å². The second-order valence-corrected chi connectivity index (χ2v) is 4.61. The SMILES string of the molecule is C#Cc1nc2c(ncn2[C@@H]2O[C@H](CO)[C@@H](O)[C@H]2O)c(=O)[nH]1. The van der Waals surface area contributed by atoms with E-state index in [0.29, 0.717) is 0 Å². The number of hydrogen-bond acceptors (Lipinski definition) is 7. The molecule has 4 N–H and O–H groups in total. The van der Waals surface area contributed by atoms with E-state index in [9.17, 15) is 15.0 Å². The predicted octanol–water partition coefficient (Wildman–Crippen LogP) is -2.29. The molecule has 1 aliphatic heterocycles. The summed E-state index contributed by atoms with van der Waals surface area (Å²) < 4.78 is 6.67. The van der Waals surface area contributed by atoms with Crippen molar-refractivity contribution in [2.24, 2.45) is 0 Å². The van der Waals surface area contributed by atoms with Crippen molar-refractivity contribution in [2.45, 2.75) is 24.5 Å². The second kappa shape index (κ2) is 4.94. The fourth-order valence-electron chi connectivity index (χ4n) is 2.29. The number of terminal acetylenes is 1. The van der Waals surface area contributed by atoms with Crippen molar-refractivity contribution in [1.29, 1.82) is 0 Å². The van der Waals surface area contributed by atoms with Crippen molar-refractivity contribution in [1.82, 2.24) is 19.5 Å². The van der Waals surface area contributed by atoms with E-state index in [-0.39, 0.29) is 17.0 Å². The largest absolute Gasteiger partial charge is 0.394 e. The van der Waals surface area contributed by atoms with E-state index in [1.165, 1.54) is 10.9 Å². The normalized spacial score (nSPS) is 28.9. The molecule has 9 heteroatoms. The molecule has 0 unspecified atom stereocenters. The van der Waals surface area contributed by atoms with E-state index in [0.717, 1.165) is 0 Å². The van der Waals surface area contributed by atoms with Crippen molar-refractivity contribution < 1.29 is 20.1 Å². The first-order chi connectivity index (χ1) is 10.1. The molecular weight excluding hydrogens is 280 g/mol. The van der Waals surface area contributed by atoms with Crippen molar-refractivity contribution in [2.75, 3.05) is 6.61 Å². The number of aliphatic hydroxyl groups is 3. The Balaban J connectivity index is 2.12. The number of nitrogens with one attached hydrogen (secondary N) is 1. The standard InChI is InChI=1S/C12H12N4O5/c1-2-6-14-10-7(11(20)15-6)13-4-16(10)12-9(19)8(18)5(3-17)21-12/h1,4-5,8-9,12,17-19H,3H2,(H,14,15,20)/t5-,8-,9-,12-/m1/s1. The number of rotatable bonds is 2. The third kappa shape index (κ3) is 2.01. The molecule has 3 heterocycles. The fraction of sp³-hybridized carbons (Fsp3) is 0.417. The Morgan fingerprint density at radius 2 is 2.24 bits per heavy atom. The Morgan fingerprint density at radius 3 is 2.86 bits per heavy atom. The summed E-state index contributed by atoms with van der Waals surface area (Å²) in [5.41, 5.74) is -0.355. The third-order valence-electron chi connectivity index (χ3n) is 3.36. The van der Waals surface area contributed by atoms with Gasteiger partial charge in [-0.25, -0.2) is 9.97 Å². The molecule has 3 rings (SSSR count). The predicted molar refractivity (Wildman–Crippen MR) is 69.1 cm³/mol. The maximum atomic E-state index is 11.8. The molecule has 1 fully saturated rings. The molecule has 110 valence electrons. The molecule has 0 saturated carbocycles. The monoisotopic (exact) mass is 292 g/mol. The van der Waals surface area contributed by atoms with Gasteiger partial charge in [0.1, 0.15) is 18.3 Å². The first-order valence-electron chi connectivity index (χ1n) is 6.12. The van der Waals surface area contributed by atoms with Crippen LogP contribution in [0.3, 0.4) is 0 Å². The highest BCUT2D eigenvalue weighted by Crippen LogP contribution is 2.30. The summed E-state index contributed by atoms with van der Waals surface area (Å²) in [6.45, 7) is -0.453. The van der Waals surface area contributed by atoms with Crippen LogP contribution in [0.5, 0.6) is 0 Å². The van der Waals surface area contributed by atoms with Gasteiger partial charge in [-0.3, -0.25) is 14.3 Å². The van der Waals surface area contributed by atoms with E-state index >= 15 is 0 Å². The molecule has 2 aromatic rings. The Hall–Kier alpha value is -2.25. The molecule has 21 heavy (non-hydrogen) atoms. The van der Waals surface area contributed by atoms with Gasteiger partial charge in [0.25, 0.3) is 5.56 Å². The molecule has 0 aromatic carbocycles. The van der Waals surface area contributed by atoms with Gasteiger partial charge in [0.05, 0.1) is 12.9 Å². The quantitative estimate of drug-likeness (QED) is 0.458. The minimum atomic E-state index is -1.30.